The number of hydrogen-bond donors (Lipinski definition) is 5. The quantitative estimate of drug-likeness (QED) is 0.224. The summed E-state index contributed by atoms with van der Waals surface area (Å²) >= 11 is 0. The summed E-state index contributed by atoms with van der Waals surface area (Å²) in [7, 11) is -7.23. The fourth-order valence-electron chi connectivity index (χ4n) is 3.60. The Kier molecular flexibility index (Phi) is 8.16. The zero-order valence-corrected chi connectivity index (χ0v) is 22.4. The number of rotatable bonds is 4. The van der Waals surface area contributed by atoms with Gasteiger partial charge in [0.1, 0.15) is 11.5 Å². The monoisotopic (exact) mass is 576 g/mol. The Balaban J connectivity index is 0.000000216. The van der Waals surface area contributed by atoms with Crippen LogP contribution >= 0.6 is 0 Å². The lowest BCUT2D eigenvalue weighted by Crippen LogP contribution is -2.22. The molecule has 5 N–H and O–H groups in total. The van der Waals surface area contributed by atoms with Gasteiger partial charge in [-0.25, -0.2) is 0 Å². The molecule has 0 saturated carbocycles. The molecule has 0 aliphatic carbocycles. The molecule has 0 fully saturated rings. The predicted molar refractivity (Wildman–Crippen MR) is 144 cm³/mol. The van der Waals surface area contributed by atoms with Gasteiger partial charge in [0.2, 0.25) is 11.8 Å². The molecule has 14 heteroatoms. The Morgan fingerprint density at radius 3 is 1.62 bits per heavy atom. The molecule has 4 aromatic rings. The van der Waals surface area contributed by atoms with Gasteiger partial charge in [-0.05, 0) is 59.3 Å². The van der Waals surface area contributed by atoms with Gasteiger partial charge in [0.15, 0.2) is 0 Å². The van der Waals surface area contributed by atoms with Crippen LogP contribution in [0.1, 0.15) is 13.8 Å². The average molecular weight is 577 g/mol. The molecule has 39 heavy (non-hydrogen) atoms. The van der Waals surface area contributed by atoms with Crippen molar-refractivity contribution in [1.29, 1.82) is 0 Å². The van der Waals surface area contributed by atoms with Gasteiger partial charge in [0, 0.05) is 55.2 Å². The smallest absolute Gasteiger partial charge is 0.294 e. The fourth-order valence-corrected chi connectivity index (χ4v) is 4.68. The zero-order chi connectivity index (χ0) is 29.3. The number of aromatic hydroxyl groups is 2. The Morgan fingerprint density at radius 1 is 0.718 bits per heavy atom. The Hall–Kier alpha value is -4.24. The number of amides is 2. The summed E-state index contributed by atoms with van der Waals surface area (Å²) in [6, 6.07) is 13.8. The first-order valence-corrected chi connectivity index (χ1v) is 13.9. The second-order valence-corrected chi connectivity index (χ2v) is 11.3. The van der Waals surface area contributed by atoms with Crippen LogP contribution in [0.15, 0.2) is 70.5 Å². The van der Waals surface area contributed by atoms with Crippen LogP contribution in [-0.2, 0) is 29.8 Å². The SMILES string of the molecule is CC(=O)N(C)c1ccc2c(O)cc(S(=O)(=O)O)cc2c1.CC(=O)Nc1ccc2c(O)cc(S(=O)(=O)O)cc2c1. The highest BCUT2D eigenvalue weighted by Gasteiger charge is 2.15. The van der Waals surface area contributed by atoms with Gasteiger partial charge in [-0.1, -0.05) is 0 Å². The number of nitrogens with zero attached hydrogens (tertiary/aromatic N) is 1. The van der Waals surface area contributed by atoms with Gasteiger partial charge in [0.05, 0.1) is 9.79 Å². The molecule has 4 aromatic carbocycles. The van der Waals surface area contributed by atoms with E-state index in [9.17, 15) is 36.6 Å². The third-order valence-corrected chi connectivity index (χ3v) is 7.23. The van der Waals surface area contributed by atoms with Crippen LogP contribution in [0.4, 0.5) is 11.4 Å². The van der Waals surface area contributed by atoms with Gasteiger partial charge in [-0.2, -0.15) is 16.8 Å². The number of carbonyl (C=O) groups is 2. The summed E-state index contributed by atoms with van der Waals surface area (Å²) in [5, 5.41) is 23.7. The lowest BCUT2D eigenvalue weighted by molar-refractivity contribution is -0.116. The molecule has 0 saturated heterocycles. The van der Waals surface area contributed by atoms with Gasteiger partial charge < -0.3 is 20.4 Å². The summed E-state index contributed by atoms with van der Waals surface area (Å²) in [4.78, 5) is 22.8. The number of carbonyl (C=O) groups excluding carboxylic acids is 2. The summed E-state index contributed by atoms with van der Waals surface area (Å²) in [6.45, 7) is 2.74. The molecule has 0 aliphatic heterocycles. The molecular formula is C25H24N2O10S2. The second kappa shape index (κ2) is 10.9. The summed E-state index contributed by atoms with van der Waals surface area (Å²) < 4.78 is 62.4. The van der Waals surface area contributed by atoms with E-state index in [2.05, 4.69) is 5.32 Å². The molecule has 206 valence electrons. The normalized spacial score (nSPS) is 11.5. The van der Waals surface area contributed by atoms with E-state index >= 15 is 0 Å². The van der Waals surface area contributed by atoms with Crippen molar-refractivity contribution < 1.29 is 45.7 Å². The molecule has 2 amide bonds. The topological polar surface area (TPSA) is 199 Å². The van der Waals surface area contributed by atoms with E-state index in [0.29, 0.717) is 32.9 Å². The van der Waals surface area contributed by atoms with E-state index in [4.69, 9.17) is 9.11 Å². The lowest BCUT2D eigenvalue weighted by atomic mass is 10.1. The zero-order valence-electron chi connectivity index (χ0n) is 20.8. The Morgan fingerprint density at radius 2 is 1.18 bits per heavy atom. The van der Waals surface area contributed by atoms with Gasteiger partial charge in [0.25, 0.3) is 20.2 Å². The molecule has 0 spiro atoms. The minimum Gasteiger partial charge on any atom is -0.507 e. The molecule has 0 aliphatic rings. The van der Waals surface area contributed by atoms with Crippen LogP contribution in [0.2, 0.25) is 0 Å². The number of nitrogens with one attached hydrogen (secondary N) is 1. The molecule has 0 bridgehead atoms. The number of fused-ring (bicyclic) bond motifs is 2. The summed E-state index contributed by atoms with van der Waals surface area (Å²) in [5.41, 5.74) is 1.02. The number of phenolic OH excluding ortho intramolecular Hbond substituents is 2. The van der Waals surface area contributed by atoms with Crippen molar-refractivity contribution in [3.8, 4) is 11.5 Å². The van der Waals surface area contributed by atoms with E-state index < -0.39 is 30.0 Å². The minimum absolute atomic E-state index is 0.181. The van der Waals surface area contributed by atoms with Crippen molar-refractivity contribution in [2.45, 2.75) is 23.6 Å². The number of benzene rings is 4. The van der Waals surface area contributed by atoms with Crippen molar-refractivity contribution >= 4 is 65.0 Å². The first kappa shape index (κ1) is 29.3. The van der Waals surface area contributed by atoms with Crippen molar-refractivity contribution in [3.05, 3.63) is 60.7 Å². The average Bonchev–Trinajstić information content (AvgIpc) is 2.81. The van der Waals surface area contributed by atoms with Crippen molar-refractivity contribution in [2.24, 2.45) is 0 Å². The van der Waals surface area contributed by atoms with E-state index in [1.165, 1.54) is 36.9 Å². The summed E-state index contributed by atoms with van der Waals surface area (Å²) in [5.74, 6) is -0.972. The number of anilines is 2. The van der Waals surface area contributed by atoms with Crippen LogP contribution < -0.4 is 10.2 Å². The third kappa shape index (κ3) is 7.00. The van der Waals surface area contributed by atoms with Crippen LogP contribution in [0.3, 0.4) is 0 Å². The first-order chi connectivity index (χ1) is 18.0. The maximum absolute atomic E-state index is 11.3. The van der Waals surface area contributed by atoms with E-state index in [1.54, 1.807) is 37.4 Å². The van der Waals surface area contributed by atoms with Crippen LogP contribution in [0.25, 0.3) is 21.5 Å². The highest BCUT2D eigenvalue weighted by molar-refractivity contribution is 7.86. The second-order valence-electron chi connectivity index (χ2n) is 8.44. The molecule has 0 unspecified atom stereocenters. The van der Waals surface area contributed by atoms with Crippen LogP contribution in [0, 0.1) is 0 Å². The van der Waals surface area contributed by atoms with Crippen molar-refractivity contribution in [3.63, 3.8) is 0 Å². The van der Waals surface area contributed by atoms with E-state index in [-0.39, 0.29) is 23.3 Å². The summed E-state index contributed by atoms with van der Waals surface area (Å²) in [6.07, 6.45) is 0. The van der Waals surface area contributed by atoms with Crippen molar-refractivity contribution in [1.82, 2.24) is 0 Å². The number of hydrogen-bond acceptors (Lipinski definition) is 8. The maximum atomic E-state index is 11.3. The molecule has 0 heterocycles. The molecule has 4 rings (SSSR count). The van der Waals surface area contributed by atoms with Gasteiger partial charge >= 0.3 is 0 Å². The van der Waals surface area contributed by atoms with E-state index in [0.717, 1.165) is 12.1 Å². The fraction of sp³-hybridized carbons (Fsp3) is 0.120. The van der Waals surface area contributed by atoms with Crippen LogP contribution in [0.5, 0.6) is 11.5 Å². The van der Waals surface area contributed by atoms with E-state index in [1.807, 2.05) is 0 Å². The molecule has 12 nitrogen and oxygen atoms in total. The Bertz CT molecular complexity index is 1840. The lowest BCUT2D eigenvalue weighted by Gasteiger charge is -2.16. The Labute approximate surface area is 223 Å². The minimum atomic E-state index is -4.41. The predicted octanol–water partition coefficient (Wildman–Crippen LogP) is 3.53. The third-order valence-electron chi connectivity index (χ3n) is 5.57. The first-order valence-electron chi connectivity index (χ1n) is 11.0. The number of phenols is 2. The van der Waals surface area contributed by atoms with Crippen LogP contribution in [-0.4, -0.2) is 55.0 Å². The molecule has 0 radical (unpaired) electrons. The maximum Gasteiger partial charge on any atom is 0.294 e. The highest BCUT2D eigenvalue weighted by Crippen LogP contribution is 2.32. The molecule has 0 atom stereocenters. The van der Waals surface area contributed by atoms with Crippen molar-refractivity contribution in [2.75, 3.05) is 17.3 Å². The largest absolute Gasteiger partial charge is 0.507 e. The molecule has 0 aromatic heterocycles. The van der Waals surface area contributed by atoms with Gasteiger partial charge in [-0.15, -0.1) is 0 Å². The highest BCUT2D eigenvalue weighted by atomic mass is 32.2. The molecular weight excluding hydrogens is 552 g/mol. The van der Waals surface area contributed by atoms with Gasteiger partial charge in [-0.3, -0.25) is 18.7 Å². The standard InChI is InChI=1S/C13H13NO5S.C12H11NO5S/c1-8(15)14(2)10-3-4-12-9(5-10)6-11(7-13(12)16)20(17,18)19;1-7(14)13-9-2-3-11-8(4-9)5-10(6-12(11)15)19(16,17)18/h3-7,16H,1-2H3,(H,17,18,19);2-6,15H,1H3,(H,13,14)(H,16,17,18).